The lowest BCUT2D eigenvalue weighted by molar-refractivity contribution is -0.120. The number of nitrogens with zero attached hydrogens (tertiary/aromatic N) is 1. The molecule has 0 saturated carbocycles. The van der Waals surface area contributed by atoms with Crippen molar-refractivity contribution in [3.05, 3.63) is 59.2 Å². The Labute approximate surface area is 157 Å². The first kappa shape index (κ1) is 18.5. The van der Waals surface area contributed by atoms with E-state index in [1.807, 2.05) is 0 Å². The minimum atomic E-state index is 0.0938. The molecule has 1 amide bonds. The second-order valence-electron chi connectivity index (χ2n) is 7.78. The van der Waals surface area contributed by atoms with E-state index in [0.29, 0.717) is 5.92 Å². The molecule has 2 aromatic rings. The zero-order chi connectivity index (χ0) is 18.7. The quantitative estimate of drug-likeness (QED) is 0.813. The van der Waals surface area contributed by atoms with Gasteiger partial charge in [-0.05, 0) is 55.9 Å². The Bertz CT molecular complexity index is 756. The van der Waals surface area contributed by atoms with Crippen LogP contribution in [-0.4, -0.2) is 19.0 Å². The molecule has 0 radical (unpaired) electrons. The van der Waals surface area contributed by atoms with Crippen LogP contribution < -0.4 is 10.2 Å². The number of carbonyl (C=O) groups is 1. The molecule has 138 valence electrons. The number of para-hydroxylation sites is 1. The summed E-state index contributed by atoms with van der Waals surface area (Å²) in [6.07, 6.45) is 1.81. The molecule has 0 spiro atoms. The normalized spacial score (nSPS) is 15.3. The number of amides is 1. The van der Waals surface area contributed by atoms with Gasteiger partial charge in [-0.25, -0.2) is 0 Å². The molecule has 0 bridgehead atoms. The van der Waals surface area contributed by atoms with E-state index in [2.05, 4.69) is 80.4 Å². The molecule has 3 rings (SSSR count). The molecule has 1 fully saturated rings. The third kappa shape index (κ3) is 4.09. The fourth-order valence-electron chi connectivity index (χ4n) is 3.72. The van der Waals surface area contributed by atoms with E-state index in [4.69, 9.17) is 0 Å². The molecule has 3 heteroatoms. The largest absolute Gasteiger partial charge is 0.371 e. The van der Waals surface area contributed by atoms with Crippen LogP contribution in [-0.2, 0) is 4.79 Å². The van der Waals surface area contributed by atoms with Gasteiger partial charge in [-0.1, -0.05) is 49.7 Å². The van der Waals surface area contributed by atoms with Gasteiger partial charge in [-0.15, -0.1) is 0 Å². The minimum Gasteiger partial charge on any atom is -0.371 e. The van der Waals surface area contributed by atoms with Gasteiger partial charge in [-0.2, -0.15) is 0 Å². The number of carbonyl (C=O) groups excluding carboxylic acids is 1. The summed E-state index contributed by atoms with van der Waals surface area (Å²) < 4.78 is 0. The number of piperidine rings is 1. The van der Waals surface area contributed by atoms with Gasteiger partial charge in [0.05, 0.1) is 0 Å². The molecular formula is C23H30N2O. The van der Waals surface area contributed by atoms with E-state index in [1.165, 1.54) is 16.8 Å². The van der Waals surface area contributed by atoms with E-state index in [-0.39, 0.29) is 11.8 Å². The van der Waals surface area contributed by atoms with E-state index < -0.39 is 0 Å². The average molecular weight is 351 g/mol. The zero-order valence-electron chi connectivity index (χ0n) is 16.4. The van der Waals surface area contributed by atoms with Crippen molar-refractivity contribution in [2.75, 3.05) is 23.3 Å². The van der Waals surface area contributed by atoms with Crippen LogP contribution in [0.15, 0.2) is 42.5 Å². The maximum Gasteiger partial charge on any atom is 0.227 e. The summed E-state index contributed by atoms with van der Waals surface area (Å²) in [5, 5.41) is 3.23. The van der Waals surface area contributed by atoms with Crippen molar-refractivity contribution in [3.8, 4) is 0 Å². The summed E-state index contributed by atoms with van der Waals surface area (Å²) in [6, 6.07) is 14.9. The summed E-state index contributed by atoms with van der Waals surface area (Å²) in [6.45, 7) is 10.4. The summed E-state index contributed by atoms with van der Waals surface area (Å²) >= 11 is 0. The monoisotopic (exact) mass is 350 g/mol. The number of nitrogens with one attached hydrogen (secondary N) is 1. The van der Waals surface area contributed by atoms with Crippen LogP contribution in [0.2, 0.25) is 0 Å². The number of anilines is 2. The highest BCUT2D eigenvalue weighted by Crippen LogP contribution is 2.29. The lowest BCUT2D eigenvalue weighted by Gasteiger charge is -2.33. The smallest absolute Gasteiger partial charge is 0.227 e. The Hall–Kier alpha value is -2.29. The third-order valence-electron chi connectivity index (χ3n) is 5.44. The van der Waals surface area contributed by atoms with E-state index >= 15 is 0 Å². The van der Waals surface area contributed by atoms with Gasteiger partial charge in [0.1, 0.15) is 0 Å². The van der Waals surface area contributed by atoms with Crippen LogP contribution in [0.25, 0.3) is 0 Å². The second kappa shape index (κ2) is 7.94. The number of rotatable bonds is 4. The van der Waals surface area contributed by atoms with E-state index in [0.717, 1.165) is 37.2 Å². The summed E-state index contributed by atoms with van der Waals surface area (Å²) in [5.41, 5.74) is 5.91. The predicted molar refractivity (Wildman–Crippen MR) is 110 cm³/mol. The molecule has 1 aliphatic rings. The Morgan fingerprint density at radius 2 is 1.69 bits per heavy atom. The standard InChI is InChI=1S/C23H30N2O/c1-16(2)21-7-5-6-18(4)22(21)24-23(26)19-12-14-25(15-13-19)20-10-8-17(3)9-11-20/h5-11,16,19H,12-15H2,1-4H3,(H,24,26). The Morgan fingerprint density at radius 3 is 2.31 bits per heavy atom. The van der Waals surface area contributed by atoms with Crippen LogP contribution in [0, 0.1) is 19.8 Å². The van der Waals surface area contributed by atoms with Crippen LogP contribution in [0.5, 0.6) is 0 Å². The summed E-state index contributed by atoms with van der Waals surface area (Å²) in [5.74, 6) is 0.662. The van der Waals surface area contributed by atoms with Gasteiger partial charge in [-0.3, -0.25) is 4.79 Å². The molecule has 0 unspecified atom stereocenters. The maximum atomic E-state index is 12.9. The van der Waals surface area contributed by atoms with Crippen molar-refractivity contribution in [1.29, 1.82) is 0 Å². The number of aryl methyl sites for hydroxylation is 2. The Balaban J connectivity index is 1.63. The molecule has 2 aromatic carbocycles. The SMILES string of the molecule is Cc1ccc(N2CCC(C(=O)Nc3c(C)cccc3C(C)C)CC2)cc1. The first-order chi connectivity index (χ1) is 12.5. The first-order valence-corrected chi connectivity index (χ1v) is 9.67. The lowest BCUT2D eigenvalue weighted by Crippen LogP contribution is -2.38. The predicted octanol–water partition coefficient (Wildman–Crippen LogP) is 5.28. The highest BCUT2D eigenvalue weighted by Gasteiger charge is 2.26. The molecule has 3 nitrogen and oxygen atoms in total. The fraction of sp³-hybridized carbons (Fsp3) is 0.435. The van der Waals surface area contributed by atoms with Crippen molar-refractivity contribution in [1.82, 2.24) is 0 Å². The first-order valence-electron chi connectivity index (χ1n) is 9.67. The molecule has 1 heterocycles. The zero-order valence-corrected chi connectivity index (χ0v) is 16.4. The highest BCUT2D eigenvalue weighted by molar-refractivity contribution is 5.94. The molecule has 0 atom stereocenters. The molecule has 1 aliphatic heterocycles. The Morgan fingerprint density at radius 1 is 1.04 bits per heavy atom. The van der Waals surface area contributed by atoms with Gasteiger partial charge in [0, 0.05) is 30.4 Å². The summed E-state index contributed by atoms with van der Waals surface area (Å²) in [7, 11) is 0. The molecular weight excluding hydrogens is 320 g/mol. The van der Waals surface area contributed by atoms with Crippen LogP contribution in [0.3, 0.4) is 0 Å². The van der Waals surface area contributed by atoms with Crippen molar-refractivity contribution in [2.45, 2.75) is 46.5 Å². The van der Waals surface area contributed by atoms with Crippen molar-refractivity contribution >= 4 is 17.3 Å². The fourth-order valence-corrected chi connectivity index (χ4v) is 3.72. The van der Waals surface area contributed by atoms with Crippen molar-refractivity contribution < 1.29 is 4.79 Å². The minimum absolute atomic E-state index is 0.0938. The van der Waals surface area contributed by atoms with Crippen LogP contribution >= 0.6 is 0 Å². The van der Waals surface area contributed by atoms with Crippen molar-refractivity contribution in [2.24, 2.45) is 5.92 Å². The van der Waals surface area contributed by atoms with Gasteiger partial charge >= 0.3 is 0 Å². The van der Waals surface area contributed by atoms with Gasteiger partial charge < -0.3 is 10.2 Å². The van der Waals surface area contributed by atoms with Crippen molar-refractivity contribution in [3.63, 3.8) is 0 Å². The summed E-state index contributed by atoms with van der Waals surface area (Å²) in [4.78, 5) is 15.2. The lowest BCUT2D eigenvalue weighted by atomic mass is 9.94. The average Bonchev–Trinajstić information content (AvgIpc) is 2.64. The molecule has 0 aliphatic carbocycles. The van der Waals surface area contributed by atoms with Gasteiger partial charge in [0.2, 0.25) is 5.91 Å². The second-order valence-corrected chi connectivity index (χ2v) is 7.78. The maximum absolute atomic E-state index is 12.9. The van der Waals surface area contributed by atoms with E-state index in [1.54, 1.807) is 0 Å². The molecule has 1 saturated heterocycles. The van der Waals surface area contributed by atoms with Crippen LogP contribution in [0.4, 0.5) is 11.4 Å². The molecule has 1 N–H and O–H groups in total. The van der Waals surface area contributed by atoms with Crippen LogP contribution in [0.1, 0.15) is 49.3 Å². The molecule has 0 aromatic heterocycles. The molecule has 26 heavy (non-hydrogen) atoms. The highest BCUT2D eigenvalue weighted by atomic mass is 16.1. The topological polar surface area (TPSA) is 32.3 Å². The number of hydrogen-bond acceptors (Lipinski definition) is 2. The van der Waals surface area contributed by atoms with E-state index in [9.17, 15) is 4.79 Å². The number of benzene rings is 2. The van der Waals surface area contributed by atoms with Gasteiger partial charge in [0.25, 0.3) is 0 Å². The Kier molecular flexibility index (Phi) is 5.65. The van der Waals surface area contributed by atoms with Gasteiger partial charge in [0.15, 0.2) is 0 Å². The third-order valence-corrected chi connectivity index (χ3v) is 5.44. The number of hydrogen-bond donors (Lipinski definition) is 1.